The quantitative estimate of drug-likeness (QED) is 0.850. The first-order valence-corrected chi connectivity index (χ1v) is 11.2. The summed E-state index contributed by atoms with van der Waals surface area (Å²) in [6.45, 7) is 0. The minimum Gasteiger partial charge on any atom is -0.349 e. The molecule has 2 saturated carbocycles. The van der Waals surface area contributed by atoms with E-state index in [1.807, 2.05) is 0 Å². The molecule has 0 aliphatic heterocycles. The standard InChI is InChI=1S/C19H22N2O3S2/c1-21(26(23,24)18-3-2-10-25-18)16-8-6-14(7-9-16)19(22)20-17-12-13-4-5-15(17)11-13/h2-3,6-10,13,15,17H,4-5,11-12H2,1H3,(H,20,22). The number of amides is 1. The number of anilines is 1. The highest BCUT2D eigenvalue weighted by atomic mass is 32.2. The van der Waals surface area contributed by atoms with Crippen LogP contribution in [0.25, 0.3) is 0 Å². The Bertz CT molecular complexity index is 891. The fourth-order valence-corrected chi connectivity index (χ4v) is 6.54. The Morgan fingerprint density at radius 2 is 1.92 bits per heavy atom. The maximum atomic E-state index is 12.6. The van der Waals surface area contributed by atoms with Gasteiger partial charge >= 0.3 is 0 Å². The third kappa shape index (κ3) is 3.14. The number of thiophene rings is 1. The van der Waals surface area contributed by atoms with E-state index in [4.69, 9.17) is 0 Å². The van der Waals surface area contributed by atoms with E-state index < -0.39 is 10.0 Å². The van der Waals surface area contributed by atoms with Crippen molar-refractivity contribution in [3.63, 3.8) is 0 Å². The molecule has 2 aromatic rings. The van der Waals surface area contributed by atoms with Gasteiger partial charge < -0.3 is 5.32 Å². The first-order valence-electron chi connectivity index (χ1n) is 8.88. The molecule has 1 aromatic carbocycles. The summed E-state index contributed by atoms with van der Waals surface area (Å²) in [6.07, 6.45) is 4.86. The number of carbonyl (C=O) groups is 1. The minimum absolute atomic E-state index is 0.0714. The average Bonchev–Trinajstić information content (AvgIpc) is 3.39. The van der Waals surface area contributed by atoms with E-state index in [0.717, 1.165) is 12.3 Å². The third-order valence-electron chi connectivity index (χ3n) is 5.66. The maximum absolute atomic E-state index is 12.6. The molecule has 3 unspecified atom stereocenters. The SMILES string of the molecule is CN(c1ccc(C(=O)NC2CC3CCC2C3)cc1)S(=O)(=O)c1cccs1. The molecule has 2 fully saturated rings. The maximum Gasteiger partial charge on any atom is 0.273 e. The van der Waals surface area contributed by atoms with Crippen LogP contribution in [-0.2, 0) is 10.0 Å². The largest absolute Gasteiger partial charge is 0.349 e. The fourth-order valence-electron chi connectivity index (χ4n) is 4.18. The van der Waals surface area contributed by atoms with Crippen molar-refractivity contribution in [1.82, 2.24) is 5.32 Å². The number of hydrogen-bond acceptors (Lipinski definition) is 4. The van der Waals surface area contributed by atoms with Crippen LogP contribution in [0.2, 0.25) is 0 Å². The molecular weight excluding hydrogens is 368 g/mol. The Labute approximate surface area is 158 Å². The van der Waals surface area contributed by atoms with Crippen molar-refractivity contribution in [2.75, 3.05) is 11.4 Å². The smallest absolute Gasteiger partial charge is 0.273 e. The van der Waals surface area contributed by atoms with Gasteiger partial charge in [-0.25, -0.2) is 8.42 Å². The second kappa shape index (κ2) is 6.70. The van der Waals surface area contributed by atoms with Gasteiger partial charge in [-0.05, 0) is 66.8 Å². The van der Waals surface area contributed by atoms with Gasteiger partial charge in [0.1, 0.15) is 4.21 Å². The molecule has 1 amide bonds. The lowest BCUT2D eigenvalue weighted by Gasteiger charge is -2.23. The molecule has 5 nitrogen and oxygen atoms in total. The van der Waals surface area contributed by atoms with E-state index in [1.165, 1.54) is 42.0 Å². The molecular formula is C19H22N2O3S2. The van der Waals surface area contributed by atoms with Crippen molar-refractivity contribution in [2.24, 2.45) is 11.8 Å². The van der Waals surface area contributed by atoms with E-state index in [1.54, 1.807) is 41.8 Å². The number of carbonyl (C=O) groups excluding carboxylic acids is 1. The summed E-state index contributed by atoms with van der Waals surface area (Å²) in [5, 5.41) is 4.90. The van der Waals surface area contributed by atoms with E-state index in [2.05, 4.69) is 5.32 Å². The summed E-state index contributed by atoms with van der Waals surface area (Å²) in [7, 11) is -2.03. The van der Waals surface area contributed by atoms with Gasteiger partial charge in [0.05, 0.1) is 5.69 Å². The Morgan fingerprint density at radius 1 is 1.15 bits per heavy atom. The van der Waals surface area contributed by atoms with Crippen LogP contribution < -0.4 is 9.62 Å². The number of rotatable bonds is 5. The zero-order valence-electron chi connectivity index (χ0n) is 14.6. The molecule has 3 atom stereocenters. The summed E-state index contributed by atoms with van der Waals surface area (Å²) in [5.74, 6) is 1.34. The Morgan fingerprint density at radius 3 is 2.50 bits per heavy atom. The molecule has 2 aliphatic carbocycles. The van der Waals surface area contributed by atoms with Gasteiger partial charge in [-0.3, -0.25) is 9.10 Å². The van der Waals surface area contributed by atoms with Gasteiger partial charge in [0, 0.05) is 18.7 Å². The van der Waals surface area contributed by atoms with Crippen LogP contribution in [0.5, 0.6) is 0 Å². The van der Waals surface area contributed by atoms with Crippen molar-refractivity contribution in [1.29, 1.82) is 0 Å². The molecule has 2 bridgehead atoms. The Kier molecular flexibility index (Phi) is 4.52. The number of sulfonamides is 1. The van der Waals surface area contributed by atoms with E-state index in [0.29, 0.717) is 27.4 Å². The van der Waals surface area contributed by atoms with Crippen molar-refractivity contribution >= 4 is 33.0 Å². The van der Waals surface area contributed by atoms with Crippen LogP contribution in [0, 0.1) is 11.8 Å². The fraction of sp³-hybridized carbons (Fsp3) is 0.421. The Balaban J connectivity index is 1.45. The van der Waals surface area contributed by atoms with Crippen LogP contribution in [0.3, 0.4) is 0 Å². The molecule has 1 aromatic heterocycles. The van der Waals surface area contributed by atoms with Gasteiger partial charge in [-0.15, -0.1) is 11.3 Å². The van der Waals surface area contributed by atoms with Gasteiger partial charge in [0.15, 0.2) is 0 Å². The first-order chi connectivity index (χ1) is 12.4. The van der Waals surface area contributed by atoms with Crippen LogP contribution in [0.1, 0.15) is 36.0 Å². The van der Waals surface area contributed by atoms with Gasteiger partial charge in [-0.1, -0.05) is 12.5 Å². The van der Waals surface area contributed by atoms with E-state index in [-0.39, 0.29) is 5.91 Å². The molecule has 0 saturated heterocycles. The summed E-state index contributed by atoms with van der Waals surface area (Å²) >= 11 is 1.19. The highest BCUT2D eigenvalue weighted by Crippen LogP contribution is 2.44. The average molecular weight is 391 g/mol. The predicted octanol–water partition coefficient (Wildman–Crippen LogP) is 3.49. The van der Waals surface area contributed by atoms with Crippen molar-refractivity contribution < 1.29 is 13.2 Å². The lowest BCUT2D eigenvalue weighted by molar-refractivity contribution is 0.0923. The second-order valence-corrected chi connectivity index (χ2v) is 10.4. The van der Waals surface area contributed by atoms with Gasteiger partial charge in [-0.2, -0.15) is 0 Å². The monoisotopic (exact) mass is 390 g/mol. The number of nitrogens with zero attached hydrogens (tertiary/aromatic N) is 1. The zero-order valence-corrected chi connectivity index (χ0v) is 16.2. The van der Waals surface area contributed by atoms with Crippen LogP contribution in [0.4, 0.5) is 5.69 Å². The molecule has 0 spiro atoms. The van der Waals surface area contributed by atoms with Crippen molar-refractivity contribution in [3.8, 4) is 0 Å². The number of benzene rings is 1. The summed E-state index contributed by atoms with van der Waals surface area (Å²) in [5.41, 5.74) is 1.10. The van der Waals surface area contributed by atoms with E-state index in [9.17, 15) is 13.2 Å². The molecule has 138 valence electrons. The summed E-state index contributed by atoms with van der Waals surface area (Å²) in [4.78, 5) is 12.5. The van der Waals surface area contributed by atoms with Crippen LogP contribution >= 0.6 is 11.3 Å². The van der Waals surface area contributed by atoms with Gasteiger partial charge in [0.25, 0.3) is 15.9 Å². The van der Waals surface area contributed by atoms with Crippen molar-refractivity contribution in [3.05, 3.63) is 47.3 Å². The highest BCUT2D eigenvalue weighted by molar-refractivity contribution is 7.94. The molecule has 7 heteroatoms. The normalized spacial score (nSPS) is 24.6. The zero-order chi connectivity index (χ0) is 18.3. The topological polar surface area (TPSA) is 66.5 Å². The lowest BCUT2D eigenvalue weighted by atomic mass is 9.95. The predicted molar refractivity (Wildman–Crippen MR) is 103 cm³/mol. The molecule has 26 heavy (non-hydrogen) atoms. The first kappa shape index (κ1) is 17.5. The summed E-state index contributed by atoms with van der Waals surface area (Å²) < 4.78 is 26.7. The number of fused-ring (bicyclic) bond motifs is 2. The third-order valence-corrected chi connectivity index (χ3v) is 8.82. The summed E-state index contributed by atoms with van der Waals surface area (Å²) in [6, 6.07) is 10.4. The molecule has 2 aliphatic rings. The molecule has 1 heterocycles. The van der Waals surface area contributed by atoms with Crippen molar-refractivity contribution in [2.45, 2.75) is 35.9 Å². The molecule has 4 rings (SSSR count). The lowest BCUT2D eigenvalue weighted by Crippen LogP contribution is -2.38. The number of hydrogen-bond donors (Lipinski definition) is 1. The second-order valence-electron chi connectivity index (χ2n) is 7.21. The van der Waals surface area contributed by atoms with Crippen LogP contribution in [-0.4, -0.2) is 27.4 Å². The minimum atomic E-state index is -3.55. The number of nitrogens with one attached hydrogen (secondary N) is 1. The molecule has 0 radical (unpaired) electrons. The van der Waals surface area contributed by atoms with Crippen LogP contribution in [0.15, 0.2) is 46.0 Å². The van der Waals surface area contributed by atoms with Gasteiger partial charge in [0.2, 0.25) is 0 Å². The highest BCUT2D eigenvalue weighted by Gasteiger charge is 2.40. The molecule has 1 N–H and O–H groups in total. The van der Waals surface area contributed by atoms with E-state index >= 15 is 0 Å². The Hall–Kier alpha value is -1.86.